The Labute approximate surface area is 172 Å². The Hall–Kier alpha value is -3.13. The van der Waals surface area contributed by atoms with E-state index in [1.54, 1.807) is 11.0 Å². The van der Waals surface area contributed by atoms with Gasteiger partial charge in [-0.2, -0.15) is 0 Å². The fraction of sp³-hybridized carbons (Fsp3) is 0.238. The average Bonchev–Trinajstić information content (AvgIpc) is 3.12. The molecular weight excluding hydrogens is 388 g/mol. The molecule has 4 rings (SSSR count). The van der Waals surface area contributed by atoms with Crippen LogP contribution in [0.15, 0.2) is 58.2 Å². The van der Waals surface area contributed by atoms with Gasteiger partial charge in [0.1, 0.15) is 0 Å². The van der Waals surface area contributed by atoms with Gasteiger partial charge in [0, 0.05) is 18.0 Å². The van der Waals surface area contributed by atoms with E-state index >= 15 is 0 Å². The number of carbonyl (C=O) groups excluding carboxylic acids is 2. The second-order valence-corrected chi connectivity index (χ2v) is 7.84. The molecular formula is C21H20N4O3S. The van der Waals surface area contributed by atoms with Crippen LogP contribution in [0.3, 0.4) is 0 Å². The van der Waals surface area contributed by atoms with Gasteiger partial charge in [-0.25, -0.2) is 0 Å². The lowest BCUT2D eigenvalue weighted by atomic mass is 10.1. The van der Waals surface area contributed by atoms with Gasteiger partial charge in [0.25, 0.3) is 5.22 Å². The number of fused-ring (bicyclic) bond motifs is 1. The van der Waals surface area contributed by atoms with Gasteiger partial charge in [0.15, 0.2) is 0 Å². The van der Waals surface area contributed by atoms with E-state index in [-0.39, 0.29) is 30.0 Å². The number of anilines is 2. The maximum absolute atomic E-state index is 13.0. The molecule has 0 spiro atoms. The van der Waals surface area contributed by atoms with Gasteiger partial charge in [0.05, 0.1) is 17.1 Å². The Balaban J connectivity index is 1.49. The first-order valence-electron chi connectivity index (χ1n) is 9.25. The van der Waals surface area contributed by atoms with Crippen LogP contribution in [0.4, 0.5) is 11.4 Å². The van der Waals surface area contributed by atoms with Gasteiger partial charge < -0.3 is 14.6 Å². The Morgan fingerprint density at radius 3 is 2.90 bits per heavy atom. The first kappa shape index (κ1) is 19.2. The number of aryl methyl sites for hydroxylation is 1. The van der Waals surface area contributed by atoms with Gasteiger partial charge in [-0.05, 0) is 38.1 Å². The summed E-state index contributed by atoms with van der Waals surface area (Å²) in [6, 6.07) is 14.9. The predicted molar refractivity (Wildman–Crippen MR) is 112 cm³/mol. The van der Waals surface area contributed by atoms with Crippen LogP contribution in [0, 0.1) is 6.92 Å². The number of thioether (sulfide) groups is 1. The van der Waals surface area contributed by atoms with Gasteiger partial charge >= 0.3 is 0 Å². The van der Waals surface area contributed by atoms with E-state index in [9.17, 15) is 9.59 Å². The standard InChI is InChI=1S/C21H20N4O3S/c1-13-6-5-7-15(10-13)20-23-24-21(28-20)29-12-19(27)25-14(2)11-18(26)22-16-8-3-4-9-17(16)25/h3-10,14H,11-12H2,1-2H3,(H,22,26)/t14-/m0/s1. The number of carbonyl (C=O) groups is 2. The summed E-state index contributed by atoms with van der Waals surface area (Å²) in [5.74, 6) is 0.323. The van der Waals surface area contributed by atoms with Crippen molar-refractivity contribution in [3.63, 3.8) is 0 Å². The highest BCUT2D eigenvalue weighted by Crippen LogP contribution is 2.32. The summed E-state index contributed by atoms with van der Waals surface area (Å²) in [7, 11) is 0. The second kappa shape index (κ2) is 8.08. The Kier molecular flexibility index (Phi) is 5.35. The van der Waals surface area contributed by atoms with Crippen molar-refractivity contribution in [1.29, 1.82) is 0 Å². The fourth-order valence-electron chi connectivity index (χ4n) is 3.32. The van der Waals surface area contributed by atoms with Crippen molar-refractivity contribution in [1.82, 2.24) is 10.2 Å². The molecule has 8 heteroatoms. The summed E-state index contributed by atoms with van der Waals surface area (Å²) in [5, 5.41) is 11.3. The van der Waals surface area contributed by atoms with Crippen molar-refractivity contribution in [2.24, 2.45) is 0 Å². The Bertz CT molecular complexity index is 1070. The number of nitrogens with one attached hydrogen (secondary N) is 1. The minimum atomic E-state index is -0.253. The Morgan fingerprint density at radius 1 is 1.24 bits per heavy atom. The molecule has 1 aromatic heterocycles. The monoisotopic (exact) mass is 408 g/mol. The number of rotatable bonds is 4. The van der Waals surface area contributed by atoms with Gasteiger partial charge in [-0.15, -0.1) is 10.2 Å². The predicted octanol–water partition coefficient (Wildman–Crippen LogP) is 3.90. The van der Waals surface area contributed by atoms with E-state index in [4.69, 9.17) is 4.42 Å². The molecule has 7 nitrogen and oxygen atoms in total. The molecule has 0 saturated heterocycles. The van der Waals surface area contributed by atoms with E-state index in [0.29, 0.717) is 22.5 Å². The highest BCUT2D eigenvalue weighted by molar-refractivity contribution is 7.99. The molecule has 2 amide bonds. The maximum atomic E-state index is 13.0. The van der Waals surface area contributed by atoms with Crippen LogP contribution in [0.5, 0.6) is 0 Å². The molecule has 1 aliphatic rings. The van der Waals surface area contributed by atoms with Gasteiger partial charge in [0.2, 0.25) is 17.7 Å². The number of nitrogens with zero attached hydrogens (tertiary/aromatic N) is 3. The van der Waals surface area contributed by atoms with Gasteiger partial charge in [-0.1, -0.05) is 41.6 Å². The maximum Gasteiger partial charge on any atom is 0.277 e. The zero-order valence-electron chi connectivity index (χ0n) is 16.1. The van der Waals surface area contributed by atoms with Crippen molar-refractivity contribution in [3.05, 3.63) is 54.1 Å². The van der Waals surface area contributed by atoms with Crippen LogP contribution in [0.1, 0.15) is 18.9 Å². The average molecular weight is 408 g/mol. The zero-order chi connectivity index (χ0) is 20.4. The quantitative estimate of drug-likeness (QED) is 0.659. The van der Waals surface area contributed by atoms with Crippen LogP contribution in [0.25, 0.3) is 11.5 Å². The lowest BCUT2D eigenvalue weighted by Crippen LogP contribution is -2.40. The van der Waals surface area contributed by atoms with E-state index < -0.39 is 0 Å². The molecule has 1 atom stereocenters. The molecule has 0 bridgehead atoms. The second-order valence-electron chi connectivity index (χ2n) is 6.91. The molecule has 3 aromatic rings. The van der Waals surface area contributed by atoms with Crippen LogP contribution in [-0.4, -0.2) is 33.8 Å². The van der Waals surface area contributed by atoms with Crippen molar-refractivity contribution in [3.8, 4) is 11.5 Å². The zero-order valence-corrected chi connectivity index (χ0v) is 16.9. The third-order valence-electron chi connectivity index (χ3n) is 4.62. The van der Waals surface area contributed by atoms with Crippen molar-refractivity contribution < 1.29 is 14.0 Å². The number of hydrogen-bond acceptors (Lipinski definition) is 6. The summed E-state index contributed by atoms with van der Waals surface area (Å²) in [6.07, 6.45) is 0.239. The van der Waals surface area contributed by atoms with Crippen molar-refractivity contribution in [2.45, 2.75) is 31.5 Å². The Morgan fingerprint density at radius 2 is 2.07 bits per heavy atom. The SMILES string of the molecule is Cc1cccc(-c2nnc(SCC(=O)N3c4ccccc4NC(=O)C[C@@H]3C)o2)c1. The lowest BCUT2D eigenvalue weighted by molar-refractivity contribution is -0.117. The number of hydrogen-bond donors (Lipinski definition) is 1. The molecule has 2 aromatic carbocycles. The molecule has 0 fully saturated rings. The summed E-state index contributed by atoms with van der Waals surface area (Å²) >= 11 is 1.19. The van der Waals surface area contributed by atoms with Crippen LogP contribution < -0.4 is 10.2 Å². The first-order valence-corrected chi connectivity index (χ1v) is 10.2. The van der Waals surface area contributed by atoms with E-state index in [0.717, 1.165) is 11.1 Å². The first-order chi connectivity index (χ1) is 14.0. The molecule has 1 N–H and O–H groups in total. The van der Waals surface area contributed by atoms with Crippen molar-refractivity contribution in [2.75, 3.05) is 16.0 Å². The van der Waals surface area contributed by atoms with E-state index in [2.05, 4.69) is 15.5 Å². The smallest absolute Gasteiger partial charge is 0.277 e. The van der Waals surface area contributed by atoms with E-state index in [1.807, 2.05) is 56.3 Å². The third-order valence-corrected chi connectivity index (χ3v) is 5.42. The fourth-order valence-corrected chi connectivity index (χ4v) is 3.95. The molecule has 29 heavy (non-hydrogen) atoms. The van der Waals surface area contributed by atoms with Crippen molar-refractivity contribution >= 4 is 35.0 Å². The summed E-state index contributed by atoms with van der Waals surface area (Å²) < 4.78 is 5.70. The molecule has 0 radical (unpaired) electrons. The number of para-hydroxylation sites is 2. The topological polar surface area (TPSA) is 88.3 Å². The number of aromatic nitrogens is 2. The minimum absolute atomic E-state index is 0.104. The molecule has 148 valence electrons. The number of benzene rings is 2. The normalized spacial score (nSPS) is 16.1. The van der Waals surface area contributed by atoms with Crippen LogP contribution in [0.2, 0.25) is 0 Å². The molecule has 0 saturated carbocycles. The van der Waals surface area contributed by atoms with Crippen LogP contribution >= 0.6 is 11.8 Å². The summed E-state index contributed by atoms with van der Waals surface area (Å²) in [4.78, 5) is 26.7. The molecule has 2 heterocycles. The molecule has 0 unspecified atom stereocenters. The highest BCUT2D eigenvalue weighted by Gasteiger charge is 2.29. The summed E-state index contributed by atoms with van der Waals surface area (Å²) in [6.45, 7) is 3.86. The minimum Gasteiger partial charge on any atom is -0.411 e. The lowest BCUT2D eigenvalue weighted by Gasteiger charge is -2.27. The third kappa shape index (κ3) is 4.17. The summed E-state index contributed by atoms with van der Waals surface area (Å²) in [5.41, 5.74) is 3.28. The number of amides is 2. The largest absolute Gasteiger partial charge is 0.411 e. The van der Waals surface area contributed by atoms with Gasteiger partial charge in [-0.3, -0.25) is 9.59 Å². The highest BCUT2D eigenvalue weighted by atomic mass is 32.2. The molecule has 1 aliphatic heterocycles. The molecule has 0 aliphatic carbocycles. The van der Waals surface area contributed by atoms with E-state index in [1.165, 1.54) is 11.8 Å². The van der Waals surface area contributed by atoms with Crippen LogP contribution in [-0.2, 0) is 9.59 Å².